The summed E-state index contributed by atoms with van der Waals surface area (Å²) < 4.78 is 0. The highest BCUT2D eigenvalue weighted by Crippen LogP contribution is 2.00. The van der Waals surface area contributed by atoms with E-state index < -0.39 is 5.97 Å². The summed E-state index contributed by atoms with van der Waals surface area (Å²) in [7, 11) is 0. The summed E-state index contributed by atoms with van der Waals surface area (Å²) in [6.45, 7) is 0. The first-order valence-corrected chi connectivity index (χ1v) is 5.24. The summed E-state index contributed by atoms with van der Waals surface area (Å²) in [5.41, 5.74) is 1.05. The van der Waals surface area contributed by atoms with Crippen LogP contribution < -0.4 is 0 Å². The van der Waals surface area contributed by atoms with E-state index in [1.807, 2.05) is 36.4 Å². The average Bonchev–Trinajstić information content (AvgIpc) is 2.29. The van der Waals surface area contributed by atoms with Gasteiger partial charge in [0.15, 0.2) is 0 Å². The molecule has 0 saturated carbocycles. The molecule has 84 valence electrons. The number of allylic oxidation sites excluding steroid dienone is 3. The third-order valence-corrected chi connectivity index (χ3v) is 1.98. The molecule has 0 atom stereocenters. The van der Waals surface area contributed by atoms with E-state index in [2.05, 4.69) is 4.98 Å². The van der Waals surface area contributed by atoms with Crippen LogP contribution in [0.5, 0.6) is 0 Å². The van der Waals surface area contributed by atoms with Gasteiger partial charge in [-0.1, -0.05) is 30.4 Å². The van der Waals surface area contributed by atoms with Crippen molar-refractivity contribution < 1.29 is 9.90 Å². The van der Waals surface area contributed by atoms with Gasteiger partial charge in [-0.05, 0) is 24.5 Å². The van der Waals surface area contributed by atoms with Crippen molar-refractivity contribution in [2.24, 2.45) is 0 Å². The van der Waals surface area contributed by atoms with Crippen LogP contribution in [0.15, 0.2) is 42.8 Å². The zero-order valence-corrected chi connectivity index (χ0v) is 9.04. The summed E-state index contributed by atoms with van der Waals surface area (Å²) in [5.74, 6) is -0.737. The van der Waals surface area contributed by atoms with Crippen LogP contribution in [-0.2, 0) is 4.79 Å². The third kappa shape index (κ3) is 5.75. The van der Waals surface area contributed by atoms with Gasteiger partial charge in [0.1, 0.15) is 0 Å². The molecule has 1 aromatic heterocycles. The van der Waals surface area contributed by atoms with Gasteiger partial charge in [-0.15, -0.1) is 0 Å². The molecule has 1 N–H and O–H groups in total. The lowest BCUT2D eigenvalue weighted by atomic mass is 10.2. The van der Waals surface area contributed by atoms with Crippen molar-refractivity contribution in [1.29, 1.82) is 0 Å². The van der Waals surface area contributed by atoms with Crippen LogP contribution in [0.1, 0.15) is 24.8 Å². The lowest BCUT2D eigenvalue weighted by Crippen LogP contribution is -1.92. The number of nitrogens with zero attached hydrogens (tertiary/aromatic N) is 1. The van der Waals surface area contributed by atoms with E-state index >= 15 is 0 Å². The van der Waals surface area contributed by atoms with Gasteiger partial charge in [0.2, 0.25) is 0 Å². The van der Waals surface area contributed by atoms with Crippen LogP contribution in [0.25, 0.3) is 6.08 Å². The summed E-state index contributed by atoms with van der Waals surface area (Å²) in [4.78, 5) is 14.2. The van der Waals surface area contributed by atoms with E-state index in [4.69, 9.17) is 5.11 Å². The maximum Gasteiger partial charge on any atom is 0.303 e. The fourth-order valence-electron chi connectivity index (χ4n) is 1.19. The number of carboxylic acid groups (broad SMARTS) is 1. The molecule has 0 amide bonds. The number of pyridine rings is 1. The number of rotatable bonds is 6. The molecular weight excluding hydrogens is 202 g/mol. The van der Waals surface area contributed by atoms with Crippen molar-refractivity contribution in [3.63, 3.8) is 0 Å². The van der Waals surface area contributed by atoms with Gasteiger partial charge >= 0.3 is 5.97 Å². The highest BCUT2D eigenvalue weighted by Gasteiger charge is 1.92. The third-order valence-electron chi connectivity index (χ3n) is 1.98. The van der Waals surface area contributed by atoms with Crippen LogP contribution in [-0.4, -0.2) is 16.1 Å². The molecule has 0 aliphatic rings. The number of unbranched alkanes of at least 4 members (excludes halogenated alkanes) is 1. The largest absolute Gasteiger partial charge is 0.481 e. The molecule has 0 fully saturated rings. The fourth-order valence-corrected chi connectivity index (χ4v) is 1.19. The Hall–Kier alpha value is -1.90. The fraction of sp³-hybridized carbons (Fsp3) is 0.231. The summed E-state index contributed by atoms with van der Waals surface area (Å²) in [6, 6.07) is 3.86. The molecule has 0 aliphatic carbocycles. The van der Waals surface area contributed by atoms with E-state index in [-0.39, 0.29) is 6.42 Å². The van der Waals surface area contributed by atoms with Crippen LogP contribution >= 0.6 is 0 Å². The number of hydrogen-bond donors (Lipinski definition) is 1. The molecule has 0 spiro atoms. The Kier molecular flexibility index (Phi) is 5.63. The molecule has 1 rings (SSSR count). The highest BCUT2D eigenvalue weighted by molar-refractivity contribution is 5.66. The molecule has 0 aromatic carbocycles. The molecule has 16 heavy (non-hydrogen) atoms. The second kappa shape index (κ2) is 7.40. The number of carbonyl (C=O) groups is 1. The average molecular weight is 217 g/mol. The predicted molar refractivity (Wildman–Crippen MR) is 63.9 cm³/mol. The molecule has 0 bridgehead atoms. The molecule has 3 nitrogen and oxygen atoms in total. The van der Waals surface area contributed by atoms with Crippen molar-refractivity contribution in [2.75, 3.05) is 0 Å². The quantitative estimate of drug-likeness (QED) is 0.588. The zero-order chi connectivity index (χ0) is 11.6. The van der Waals surface area contributed by atoms with E-state index in [9.17, 15) is 4.79 Å². The van der Waals surface area contributed by atoms with Gasteiger partial charge in [-0.2, -0.15) is 0 Å². The zero-order valence-electron chi connectivity index (χ0n) is 9.04. The minimum atomic E-state index is -0.737. The topological polar surface area (TPSA) is 50.2 Å². The summed E-state index contributed by atoms with van der Waals surface area (Å²) in [6.07, 6.45) is 13.0. The molecule has 1 aromatic rings. The first-order valence-electron chi connectivity index (χ1n) is 5.24. The standard InChI is InChI=1S/C13H15NO2/c15-13(16)9-5-3-1-2-4-7-12-8-6-10-14-11-12/h1-2,4,6-8,10-11H,3,5,9H2,(H,15,16)/b2-1+,7-4+. The molecular formula is C13H15NO2. The molecule has 0 aliphatic heterocycles. The Morgan fingerprint density at radius 3 is 3.00 bits per heavy atom. The predicted octanol–water partition coefficient (Wildman–Crippen LogP) is 2.91. The first kappa shape index (κ1) is 12.2. The Labute approximate surface area is 95.1 Å². The normalized spacial score (nSPS) is 11.2. The van der Waals surface area contributed by atoms with Crippen LogP contribution in [0, 0.1) is 0 Å². The van der Waals surface area contributed by atoms with Crippen LogP contribution in [0.3, 0.4) is 0 Å². The Bertz CT molecular complexity index is 369. The number of aliphatic carboxylic acids is 1. The molecule has 1 heterocycles. The second-order valence-electron chi connectivity index (χ2n) is 3.36. The van der Waals surface area contributed by atoms with Crippen molar-refractivity contribution in [3.05, 3.63) is 48.3 Å². The maximum atomic E-state index is 10.2. The van der Waals surface area contributed by atoms with Gasteiger partial charge in [0.25, 0.3) is 0 Å². The number of hydrogen-bond acceptors (Lipinski definition) is 2. The maximum absolute atomic E-state index is 10.2. The van der Waals surface area contributed by atoms with Gasteiger partial charge in [-0.25, -0.2) is 0 Å². The smallest absolute Gasteiger partial charge is 0.303 e. The van der Waals surface area contributed by atoms with Crippen molar-refractivity contribution in [2.45, 2.75) is 19.3 Å². The van der Waals surface area contributed by atoms with Crippen LogP contribution in [0.2, 0.25) is 0 Å². The molecule has 3 heteroatoms. The van der Waals surface area contributed by atoms with E-state index in [0.717, 1.165) is 12.0 Å². The summed E-state index contributed by atoms with van der Waals surface area (Å²) >= 11 is 0. The van der Waals surface area contributed by atoms with Crippen molar-refractivity contribution >= 4 is 12.0 Å². The minimum absolute atomic E-state index is 0.233. The van der Waals surface area contributed by atoms with E-state index in [0.29, 0.717) is 6.42 Å². The Morgan fingerprint density at radius 1 is 1.44 bits per heavy atom. The van der Waals surface area contributed by atoms with Gasteiger partial charge in [0, 0.05) is 18.8 Å². The second-order valence-corrected chi connectivity index (χ2v) is 3.36. The van der Waals surface area contributed by atoms with Crippen molar-refractivity contribution in [1.82, 2.24) is 4.98 Å². The van der Waals surface area contributed by atoms with Crippen molar-refractivity contribution in [3.8, 4) is 0 Å². The molecule has 0 saturated heterocycles. The van der Waals surface area contributed by atoms with Gasteiger partial charge in [0.05, 0.1) is 0 Å². The monoisotopic (exact) mass is 217 g/mol. The lowest BCUT2D eigenvalue weighted by Gasteiger charge is -1.90. The highest BCUT2D eigenvalue weighted by atomic mass is 16.4. The SMILES string of the molecule is O=C(O)CCC/C=C/C=C/c1cccnc1. The summed E-state index contributed by atoms with van der Waals surface area (Å²) in [5, 5.41) is 8.42. The molecule has 0 radical (unpaired) electrons. The Morgan fingerprint density at radius 2 is 2.31 bits per heavy atom. The van der Waals surface area contributed by atoms with E-state index in [1.54, 1.807) is 12.4 Å². The van der Waals surface area contributed by atoms with E-state index in [1.165, 1.54) is 0 Å². The minimum Gasteiger partial charge on any atom is -0.481 e. The van der Waals surface area contributed by atoms with Gasteiger partial charge in [-0.3, -0.25) is 9.78 Å². The Balaban J connectivity index is 2.21. The van der Waals surface area contributed by atoms with Crippen LogP contribution in [0.4, 0.5) is 0 Å². The first-order chi connectivity index (χ1) is 7.79. The van der Waals surface area contributed by atoms with Gasteiger partial charge < -0.3 is 5.11 Å². The number of carboxylic acids is 1. The number of aromatic nitrogens is 1. The lowest BCUT2D eigenvalue weighted by molar-refractivity contribution is -0.137. The molecule has 0 unspecified atom stereocenters.